The third-order valence-corrected chi connectivity index (χ3v) is 4.26. The summed E-state index contributed by atoms with van der Waals surface area (Å²) in [5.41, 5.74) is 1.32. The molecule has 2 aromatic rings. The zero-order valence-electron chi connectivity index (χ0n) is 16.6. The van der Waals surface area contributed by atoms with Crippen LogP contribution in [0.2, 0.25) is 0 Å². The molecule has 0 bridgehead atoms. The first-order valence-corrected chi connectivity index (χ1v) is 8.75. The molecule has 0 aromatic heterocycles. The van der Waals surface area contributed by atoms with Crippen LogP contribution in [0.4, 0.5) is 0 Å². The van der Waals surface area contributed by atoms with E-state index in [1.807, 2.05) is 12.1 Å². The van der Waals surface area contributed by atoms with E-state index in [-0.39, 0.29) is 27.7 Å². The molecular weight excluding hydrogens is 344 g/mol. The predicted octanol–water partition coefficient (Wildman–Crippen LogP) is 5.47. The average molecular weight is 370 g/mol. The molecule has 2 rings (SSSR count). The van der Waals surface area contributed by atoms with E-state index in [2.05, 4.69) is 47.6 Å². The molecule has 0 aliphatic heterocycles. The first kappa shape index (κ1) is 20.5. The van der Waals surface area contributed by atoms with Crippen LogP contribution in [0.5, 0.6) is 11.5 Å². The minimum atomic E-state index is -1.31. The van der Waals surface area contributed by atoms with Crippen LogP contribution in [0, 0.1) is 0 Å². The minimum Gasteiger partial charge on any atom is -0.478 e. The van der Waals surface area contributed by atoms with Crippen LogP contribution in [0.3, 0.4) is 0 Å². The highest BCUT2D eigenvalue weighted by molar-refractivity contribution is 6.02. The standard InChI is InChI=1S/C22H26O5/c1-21(2,3)16-8-7-9-17(18(16)22(4,5)6)27-13-10-11-14(19(23)24)15(12-13)20(25)26/h7-12H,1-6H3,(H,23,24)(H,25,26). The fourth-order valence-corrected chi connectivity index (χ4v) is 3.09. The second kappa shape index (κ2) is 7.06. The van der Waals surface area contributed by atoms with E-state index < -0.39 is 11.9 Å². The Hall–Kier alpha value is -2.82. The van der Waals surface area contributed by atoms with E-state index >= 15 is 0 Å². The average Bonchev–Trinajstić information content (AvgIpc) is 2.52. The summed E-state index contributed by atoms with van der Waals surface area (Å²) in [6, 6.07) is 9.82. The van der Waals surface area contributed by atoms with E-state index in [9.17, 15) is 14.7 Å². The lowest BCUT2D eigenvalue weighted by atomic mass is 9.75. The zero-order chi connectivity index (χ0) is 20.6. The second-order valence-electron chi connectivity index (χ2n) is 8.60. The molecule has 27 heavy (non-hydrogen) atoms. The molecule has 0 amide bonds. The predicted molar refractivity (Wildman–Crippen MR) is 104 cm³/mol. The molecule has 0 aliphatic carbocycles. The van der Waals surface area contributed by atoms with Crippen LogP contribution >= 0.6 is 0 Å². The quantitative estimate of drug-likeness (QED) is 0.745. The van der Waals surface area contributed by atoms with E-state index in [1.54, 1.807) is 0 Å². The highest BCUT2D eigenvalue weighted by Gasteiger charge is 2.29. The van der Waals surface area contributed by atoms with E-state index in [0.29, 0.717) is 5.75 Å². The van der Waals surface area contributed by atoms with Crippen molar-refractivity contribution in [2.45, 2.75) is 52.4 Å². The van der Waals surface area contributed by atoms with Crippen LogP contribution in [-0.4, -0.2) is 22.2 Å². The van der Waals surface area contributed by atoms with Gasteiger partial charge in [0.2, 0.25) is 0 Å². The number of rotatable bonds is 4. The topological polar surface area (TPSA) is 83.8 Å². The van der Waals surface area contributed by atoms with Gasteiger partial charge in [0, 0.05) is 5.56 Å². The summed E-state index contributed by atoms with van der Waals surface area (Å²) in [7, 11) is 0. The lowest BCUT2D eigenvalue weighted by Crippen LogP contribution is -2.22. The third-order valence-electron chi connectivity index (χ3n) is 4.26. The first-order valence-electron chi connectivity index (χ1n) is 8.75. The number of carbonyl (C=O) groups is 2. The van der Waals surface area contributed by atoms with Gasteiger partial charge in [0.25, 0.3) is 0 Å². The molecule has 0 saturated heterocycles. The summed E-state index contributed by atoms with van der Waals surface area (Å²) < 4.78 is 6.04. The van der Waals surface area contributed by atoms with Crippen LogP contribution in [0.15, 0.2) is 36.4 Å². The lowest BCUT2D eigenvalue weighted by Gasteiger charge is -2.31. The first-order chi connectivity index (χ1) is 12.3. The third kappa shape index (κ3) is 4.48. The molecule has 2 N–H and O–H groups in total. The van der Waals surface area contributed by atoms with E-state index in [0.717, 1.165) is 11.1 Å². The number of benzene rings is 2. The molecule has 0 heterocycles. The van der Waals surface area contributed by atoms with Gasteiger partial charge in [-0.25, -0.2) is 9.59 Å². The van der Waals surface area contributed by atoms with Crippen LogP contribution in [0.25, 0.3) is 0 Å². The molecule has 144 valence electrons. The fraction of sp³-hybridized carbons (Fsp3) is 0.364. The van der Waals surface area contributed by atoms with Gasteiger partial charge < -0.3 is 14.9 Å². The van der Waals surface area contributed by atoms with Crippen LogP contribution in [0.1, 0.15) is 73.4 Å². The van der Waals surface area contributed by atoms with Gasteiger partial charge >= 0.3 is 11.9 Å². The van der Waals surface area contributed by atoms with Gasteiger partial charge in [-0.05, 0) is 40.7 Å². The molecule has 0 atom stereocenters. The molecule has 0 unspecified atom stereocenters. The molecule has 0 spiro atoms. The van der Waals surface area contributed by atoms with Gasteiger partial charge in [0.1, 0.15) is 11.5 Å². The highest BCUT2D eigenvalue weighted by Crippen LogP contribution is 2.41. The smallest absolute Gasteiger partial charge is 0.336 e. The second-order valence-corrected chi connectivity index (χ2v) is 8.60. The van der Waals surface area contributed by atoms with E-state index in [4.69, 9.17) is 9.84 Å². The maximum atomic E-state index is 11.4. The summed E-state index contributed by atoms with van der Waals surface area (Å²) in [4.78, 5) is 22.7. The largest absolute Gasteiger partial charge is 0.478 e. The van der Waals surface area contributed by atoms with Gasteiger partial charge in [0.05, 0.1) is 11.1 Å². The molecule has 2 aromatic carbocycles. The Morgan fingerprint density at radius 2 is 1.41 bits per heavy atom. The maximum Gasteiger partial charge on any atom is 0.336 e. The van der Waals surface area contributed by atoms with E-state index in [1.165, 1.54) is 18.2 Å². The Balaban J connectivity index is 2.60. The van der Waals surface area contributed by atoms with Gasteiger partial charge in [-0.1, -0.05) is 53.7 Å². The monoisotopic (exact) mass is 370 g/mol. The van der Waals surface area contributed by atoms with Crippen molar-refractivity contribution in [1.82, 2.24) is 0 Å². The maximum absolute atomic E-state index is 11.4. The SMILES string of the molecule is CC(C)(C)c1cccc(Oc2ccc(C(=O)O)c(C(=O)O)c2)c1C(C)(C)C. The number of hydrogen-bond acceptors (Lipinski definition) is 3. The van der Waals surface area contributed by atoms with Crippen LogP contribution < -0.4 is 4.74 Å². The van der Waals surface area contributed by atoms with Gasteiger partial charge in [0.15, 0.2) is 0 Å². The summed E-state index contributed by atoms with van der Waals surface area (Å²) in [5.74, 6) is -1.68. The fourth-order valence-electron chi connectivity index (χ4n) is 3.09. The van der Waals surface area contributed by atoms with Gasteiger partial charge in [-0.3, -0.25) is 0 Å². The minimum absolute atomic E-state index is 0.0959. The summed E-state index contributed by atoms with van der Waals surface area (Å²) in [5, 5.41) is 18.5. The van der Waals surface area contributed by atoms with Crippen molar-refractivity contribution in [3.05, 3.63) is 58.7 Å². The molecule has 0 saturated carbocycles. The van der Waals surface area contributed by atoms with Crippen molar-refractivity contribution in [2.75, 3.05) is 0 Å². The van der Waals surface area contributed by atoms with Gasteiger partial charge in [-0.15, -0.1) is 0 Å². The summed E-state index contributed by atoms with van der Waals surface area (Å²) in [6.45, 7) is 12.7. The lowest BCUT2D eigenvalue weighted by molar-refractivity contribution is 0.0651. The molecule has 0 radical (unpaired) electrons. The number of carboxylic acid groups (broad SMARTS) is 2. The number of hydrogen-bond donors (Lipinski definition) is 2. The van der Waals surface area contributed by atoms with Crippen molar-refractivity contribution in [2.24, 2.45) is 0 Å². The van der Waals surface area contributed by atoms with Crippen LogP contribution in [-0.2, 0) is 10.8 Å². The summed E-state index contributed by atoms with van der Waals surface area (Å²) >= 11 is 0. The zero-order valence-corrected chi connectivity index (χ0v) is 16.6. The normalized spacial score (nSPS) is 11.9. The Kier molecular flexibility index (Phi) is 5.36. The van der Waals surface area contributed by atoms with Crippen molar-refractivity contribution in [3.8, 4) is 11.5 Å². The number of aromatic carboxylic acids is 2. The highest BCUT2D eigenvalue weighted by atomic mass is 16.5. The van der Waals surface area contributed by atoms with Crippen molar-refractivity contribution < 1.29 is 24.5 Å². The Bertz CT molecular complexity index is 883. The van der Waals surface area contributed by atoms with Crippen molar-refractivity contribution in [3.63, 3.8) is 0 Å². The number of carboxylic acids is 2. The Labute approximate surface area is 159 Å². The molecule has 0 aliphatic rings. The Morgan fingerprint density at radius 1 is 0.815 bits per heavy atom. The Morgan fingerprint density at radius 3 is 1.89 bits per heavy atom. The van der Waals surface area contributed by atoms with Crippen molar-refractivity contribution in [1.29, 1.82) is 0 Å². The summed E-state index contributed by atoms with van der Waals surface area (Å²) in [6.07, 6.45) is 0. The molecule has 5 heteroatoms. The van der Waals surface area contributed by atoms with Crippen molar-refractivity contribution >= 4 is 11.9 Å². The molecule has 0 fully saturated rings. The number of ether oxygens (including phenoxy) is 1. The van der Waals surface area contributed by atoms with Gasteiger partial charge in [-0.2, -0.15) is 0 Å². The molecular formula is C22H26O5. The molecule has 5 nitrogen and oxygen atoms in total.